The van der Waals surface area contributed by atoms with Crippen LogP contribution in [0.1, 0.15) is 11.1 Å². The van der Waals surface area contributed by atoms with Gasteiger partial charge in [0.2, 0.25) is 15.9 Å². The van der Waals surface area contributed by atoms with Crippen molar-refractivity contribution in [3.8, 4) is 11.5 Å². The van der Waals surface area contributed by atoms with Crippen LogP contribution in [0.3, 0.4) is 0 Å². The van der Waals surface area contributed by atoms with Crippen molar-refractivity contribution in [3.05, 3.63) is 87.9 Å². The van der Waals surface area contributed by atoms with Crippen molar-refractivity contribution in [2.75, 3.05) is 20.8 Å². The van der Waals surface area contributed by atoms with E-state index in [0.29, 0.717) is 24.5 Å². The maximum absolute atomic E-state index is 13.1. The van der Waals surface area contributed by atoms with Crippen LogP contribution < -0.4 is 19.5 Å². The summed E-state index contributed by atoms with van der Waals surface area (Å²) < 4.78 is 39.2. The van der Waals surface area contributed by atoms with E-state index < -0.39 is 22.0 Å². The molecule has 3 aromatic carbocycles. The minimum atomic E-state index is -4.13. The van der Waals surface area contributed by atoms with Crippen LogP contribution in [-0.2, 0) is 27.7 Å². The molecule has 35 heavy (non-hydrogen) atoms. The van der Waals surface area contributed by atoms with Gasteiger partial charge in [-0.25, -0.2) is 8.42 Å². The number of sulfonamides is 1. The molecule has 7 nitrogen and oxygen atoms in total. The summed E-state index contributed by atoms with van der Waals surface area (Å²) in [4.78, 5) is 12.9. The van der Waals surface area contributed by atoms with Crippen LogP contribution in [0.5, 0.6) is 11.5 Å². The topological polar surface area (TPSA) is 93.7 Å². The maximum Gasteiger partial charge on any atom is 0.242 e. The summed E-state index contributed by atoms with van der Waals surface area (Å²) in [7, 11) is -1.02. The molecule has 0 unspecified atom stereocenters. The zero-order chi connectivity index (χ0) is 25.4. The predicted molar refractivity (Wildman–Crippen MR) is 137 cm³/mol. The second-order valence-electron chi connectivity index (χ2n) is 7.67. The number of ether oxygens (including phenoxy) is 2. The molecule has 0 radical (unpaired) electrons. The van der Waals surface area contributed by atoms with E-state index in [1.54, 1.807) is 20.3 Å². The third-order valence-electron chi connectivity index (χ3n) is 5.24. The molecule has 0 aliphatic heterocycles. The molecule has 0 aliphatic carbocycles. The predicted octanol–water partition coefficient (Wildman–Crippen LogP) is 4.26. The highest BCUT2D eigenvalue weighted by Gasteiger charge is 2.27. The smallest absolute Gasteiger partial charge is 0.242 e. The molecule has 0 heterocycles. The van der Waals surface area contributed by atoms with Gasteiger partial charge < -0.3 is 14.8 Å². The third-order valence-corrected chi connectivity index (χ3v) is 7.43. The molecule has 0 aromatic heterocycles. The van der Waals surface area contributed by atoms with Gasteiger partial charge in [-0.15, -0.1) is 0 Å². The lowest BCUT2D eigenvalue weighted by Gasteiger charge is -2.19. The highest BCUT2D eigenvalue weighted by atomic mass is 35.5. The molecule has 10 heteroatoms. The first-order valence-corrected chi connectivity index (χ1v) is 13.0. The molecule has 0 bridgehead atoms. The second kappa shape index (κ2) is 12.3. The molecular formula is C25H26Cl2N2O5S. The number of amides is 1. The number of methoxy groups -OCH3 is 2. The summed E-state index contributed by atoms with van der Waals surface area (Å²) in [5.41, 5.74) is 1.72. The van der Waals surface area contributed by atoms with Crippen molar-refractivity contribution in [2.24, 2.45) is 0 Å². The van der Waals surface area contributed by atoms with E-state index in [1.807, 2.05) is 42.5 Å². The minimum absolute atomic E-state index is 0.00854. The number of halogens is 2. The molecule has 3 rings (SSSR count). The lowest BCUT2D eigenvalue weighted by atomic mass is 10.1. The van der Waals surface area contributed by atoms with E-state index in [-0.39, 0.29) is 21.4 Å². The van der Waals surface area contributed by atoms with E-state index in [4.69, 9.17) is 32.7 Å². The summed E-state index contributed by atoms with van der Waals surface area (Å²) in [5.74, 6) is 0.734. The largest absolute Gasteiger partial charge is 0.493 e. The molecule has 0 fully saturated rings. The van der Waals surface area contributed by atoms with Gasteiger partial charge in [-0.05, 0) is 54.3 Å². The lowest BCUT2D eigenvalue weighted by molar-refractivity contribution is -0.122. The summed E-state index contributed by atoms with van der Waals surface area (Å²) in [6.45, 7) is 0.291. The lowest BCUT2D eigenvalue weighted by Crippen LogP contribution is -2.48. The van der Waals surface area contributed by atoms with Gasteiger partial charge in [0.15, 0.2) is 11.5 Å². The Bertz CT molecular complexity index is 1270. The number of rotatable bonds is 11. The summed E-state index contributed by atoms with van der Waals surface area (Å²) >= 11 is 12.1. The van der Waals surface area contributed by atoms with Crippen molar-refractivity contribution in [1.82, 2.24) is 10.0 Å². The Morgan fingerprint density at radius 3 is 2.31 bits per heavy atom. The van der Waals surface area contributed by atoms with Gasteiger partial charge in [-0.2, -0.15) is 4.72 Å². The number of hydrogen-bond acceptors (Lipinski definition) is 5. The van der Waals surface area contributed by atoms with Crippen molar-refractivity contribution in [1.29, 1.82) is 0 Å². The van der Waals surface area contributed by atoms with Crippen LogP contribution >= 0.6 is 23.2 Å². The second-order valence-corrected chi connectivity index (χ2v) is 10.2. The van der Waals surface area contributed by atoms with Crippen molar-refractivity contribution in [3.63, 3.8) is 0 Å². The average molecular weight is 537 g/mol. The van der Waals surface area contributed by atoms with Gasteiger partial charge in [0.25, 0.3) is 0 Å². The number of nitrogens with one attached hydrogen (secondary N) is 2. The van der Waals surface area contributed by atoms with Crippen LogP contribution in [0.15, 0.2) is 71.6 Å². The normalized spacial score (nSPS) is 12.1. The number of carbonyl (C=O) groups excluding carboxylic acids is 1. The zero-order valence-corrected chi connectivity index (χ0v) is 21.6. The molecule has 0 saturated carbocycles. The first-order chi connectivity index (χ1) is 16.7. The summed E-state index contributed by atoms with van der Waals surface area (Å²) in [6, 6.07) is 17.7. The Morgan fingerprint density at radius 1 is 0.914 bits per heavy atom. The molecule has 2 N–H and O–H groups in total. The van der Waals surface area contributed by atoms with Crippen molar-refractivity contribution >= 4 is 39.1 Å². The first-order valence-electron chi connectivity index (χ1n) is 10.7. The van der Waals surface area contributed by atoms with Gasteiger partial charge in [0.1, 0.15) is 10.9 Å². The molecule has 1 atom stereocenters. The van der Waals surface area contributed by atoms with E-state index in [1.165, 1.54) is 18.2 Å². The minimum Gasteiger partial charge on any atom is -0.493 e. The fraction of sp³-hybridized carbons (Fsp3) is 0.240. The highest BCUT2D eigenvalue weighted by molar-refractivity contribution is 7.89. The van der Waals surface area contributed by atoms with E-state index >= 15 is 0 Å². The number of hydrogen-bond donors (Lipinski definition) is 2. The molecule has 3 aromatic rings. The summed E-state index contributed by atoms with van der Waals surface area (Å²) in [5, 5.41) is 3.05. The molecular weight excluding hydrogens is 511 g/mol. The van der Waals surface area contributed by atoms with E-state index in [2.05, 4.69) is 10.0 Å². The Morgan fingerprint density at radius 2 is 1.63 bits per heavy atom. The van der Waals surface area contributed by atoms with Gasteiger partial charge >= 0.3 is 0 Å². The van der Waals surface area contributed by atoms with Gasteiger partial charge in [-0.1, -0.05) is 59.6 Å². The zero-order valence-electron chi connectivity index (χ0n) is 19.3. The Kier molecular flexibility index (Phi) is 9.40. The molecule has 0 spiro atoms. The standard InChI is InChI=1S/C25H26Cl2N2O5S/c1-33-22-11-8-18(15-23(22)34-2)12-13-28-25(30)21(14-17-6-4-3-5-7-17)29-35(31,32)24-16-19(26)9-10-20(24)27/h3-11,15-16,21,29H,12-14H2,1-2H3,(H,28,30)/t21-/m1/s1. The van der Waals surface area contributed by atoms with Crippen molar-refractivity contribution < 1.29 is 22.7 Å². The Hall–Kier alpha value is -2.78. The van der Waals surface area contributed by atoms with Crippen LogP contribution in [0.25, 0.3) is 0 Å². The first kappa shape index (κ1) is 26.8. The number of benzene rings is 3. The van der Waals surface area contributed by atoms with E-state index in [9.17, 15) is 13.2 Å². The molecule has 0 aliphatic rings. The Labute approximate surface area is 215 Å². The quantitative estimate of drug-likeness (QED) is 0.381. The monoisotopic (exact) mass is 536 g/mol. The van der Waals surface area contributed by atoms with Gasteiger partial charge in [-0.3, -0.25) is 4.79 Å². The fourth-order valence-electron chi connectivity index (χ4n) is 3.46. The molecule has 0 saturated heterocycles. The number of carbonyl (C=O) groups is 1. The Balaban J connectivity index is 1.75. The average Bonchev–Trinajstić information content (AvgIpc) is 2.85. The van der Waals surface area contributed by atoms with Crippen LogP contribution in [0.2, 0.25) is 10.0 Å². The molecule has 186 valence electrons. The summed E-state index contributed by atoms with van der Waals surface area (Å²) in [6.07, 6.45) is 0.664. The fourth-order valence-corrected chi connectivity index (χ4v) is 5.42. The third kappa shape index (κ3) is 7.35. The van der Waals surface area contributed by atoms with Gasteiger partial charge in [0.05, 0.1) is 19.2 Å². The van der Waals surface area contributed by atoms with Crippen molar-refractivity contribution in [2.45, 2.75) is 23.8 Å². The van der Waals surface area contributed by atoms with Crippen LogP contribution in [0.4, 0.5) is 0 Å². The van der Waals surface area contributed by atoms with Crippen LogP contribution in [0, 0.1) is 0 Å². The van der Waals surface area contributed by atoms with Crippen LogP contribution in [-0.4, -0.2) is 41.1 Å². The molecule has 1 amide bonds. The van der Waals surface area contributed by atoms with E-state index in [0.717, 1.165) is 11.1 Å². The highest BCUT2D eigenvalue weighted by Crippen LogP contribution is 2.28. The SMILES string of the molecule is COc1ccc(CCNC(=O)[C@@H](Cc2ccccc2)NS(=O)(=O)c2cc(Cl)ccc2Cl)cc1OC. The van der Waals surface area contributed by atoms with Gasteiger partial charge in [0, 0.05) is 11.6 Å². The maximum atomic E-state index is 13.1.